The molecule has 0 spiro atoms. The average Bonchev–Trinajstić information content (AvgIpc) is 2.65. The minimum absolute atomic E-state index is 0.128. The summed E-state index contributed by atoms with van der Waals surface area (Å²) < 4.78 is 4.14. The van der Waals surface area contributed by atoms with Crippen molar-refractivity contribution in [3.8, 4) is 0 Å². The van der Waals surface area contributed by atoms with Gasteiger partial charge in [-0.3, -0.25) is 9.69 Å². The first-order valence-corrected chi connectivity index (χ1v) is 5.92. The Hall–Kier alpha value is -1.21. The summed E-state index contributed by atoms with van der Waals surface area (Å²) in [5.41, 5.74) is 0. The Balaban J connectivity index is 1.87. The van der Waals surface area contributed by atoms with Crippen molar-refractivity contribution in [3.63, 3.8) is 0 Å². The molecule has 1 N–H and O–H groups in total. The molecule has 0 saturated carbocycles. The van der Waals surface area contributed by atoms with Gasteiger partial charge in [0.1, 0.15) is 5.82 Å². The Bertz CT molecular complexity index is 373. The highest BCUT2D eigenvalue weighted by molar-refractivity contribution is 7.09. The van der Waals surface area contributed by atoms with Crippen LogP contribution >= 0.6 is 11.5 Å². The van der Waals surface area contributed by atoms with E-state index in [0.29, 0.717) is 0 Å². The molecule has 2 heterocycles. The molecule has 0 amide bonds. The van der Waals surface area contributed by atoms with Crippen LogP contribution in [0, 0.1) is 6.92 Å². The minimum atomic E-state index is -0.764. The van der Waals surface area contributed by atoms with Gasteiger partial charge in [0.2, 0.25) is 5.13 Å². The lowest BCUT2D eigenvalue weighted by molar-refractivity contribution is -0.138. The normalized spacial score (nSPS) is 17.7. The molecule has 0 aromatic carbocycles. The Kier molecular flexibility index (Phi) is 3.35. The summed E-state index contributed by atoms with van der Waals surface area (Å²) in [5.74, 6) is 0.0353. The van der Waals surface area contributed by atoms with Crippen molar-refractivity contribution in [1.82, 2.24) is 14.3 Å². The van der Waals surface area contributed by atoms with E-state index in [0.717, 1.165) is 37.1 Å². The van der Waals surface area contributed by atoms with Gasteiger partial charge in [-0.15, -0.1) is 0 Å². The molecule has 2 rings (SSSR count). The van der Waals surface area contributed by atoms with E-state index < -0.39 is 5.97 Å². The topological polar surface area (TPSA) is 69.6 Å². The minimum Gasteiger partial charge on any atom is -0.480 e. The number of anilines is 1. The number of carbonyl (C=O) groups is 1. The lowest BCUT2D eigenvalue weighted by Gasteiger charge is -2.33. The van der Waals surface area contributed by atoms with E-state index in [1.54, 1.807) is 0 Å². The van der Waals surface area contributed by atoms with E-state index in [4.69, 9.17) is 5.11 Å². The number of nitrogens with zero attached hydrogens (tertiary/aromatic N) is 4. The van der Waals surface area contributed by atoms with Crippen molar-refractivity contribution < 1.29 is 9.90 Å². The number of carboxylic acids is 1. The highest BCUT2D eigenvalue weighted by Crippen LogP contribution is 2.18. The van der Waals surface area contributed by atoms with Crippen LogP contribution in [0.3, 0.4) is 0 Å². The molecule has 7 heteroatoms. The Morgan fingerprint density at radius 2 is 2.12 bits per heavy atom. The number of aryl methyl sites for hydroxylation is 1. The standard InChI is InChI=1S/C9H14N4O2S/c1-7-10-9(16-11-7)13-4-2-12(3-5-13)6-8(14)15/h2-6H2,1H3,(H,14,15). The summed E-state index contributed by atoms with van der Waals surface area (Å²) in [6, 6.07) is 0. The van der Waals surface area contributed by atoms with Gasteiger partial charge >= 0.3 is 5.97 Å². The molecule has 1 aromatic heterocycles. The molecule has 0 atom stereocenters. The van der Waals surface area contributed by atoms with Crippen molar-refractivity contribution in [3.05, 3.63) is 5.82 Å². The summed E-state index contributed by atoms with van der Waals surface area (Å²) in [5, 5.41) is 9.61. The summed E-state index contributed by atoms with van der Waals surface area (Å²) in [6.45, 7) is 5.18. The van der Waals surface area contributed by atoms with Gasteiger partial charge in [-0.1, -0.05) is 0 Å². The predicted molar refractivity (Wildman–Crippen MR) is 60.9 cm³/mol. The summed E-state index contributed by atoms with van der Waals surface area (Å²) in [7, 11) is 0. The molecule has 1 aromatic rings. The van der Waals surface area contributed by atoms with Gasteiger partial charge in [-0.05, 0) is 6.92 Å². The number of hydrogen-bond donors (Lipinski definition) is 1. The van der Waals surface area contributed by atoms with Crippen LogP contribution in [-0.4, -0.2) is 58.1 Å². The second kappa shape index (κ2) is 4.75. The molecule has 6 nitrogen and oxygen atoms in total. The molecule has 1 aliphatic rings. The molecule has 0 bridgehead atoms. The van der Waals surface area contributed by atoms with E-state index in [1.807, 2.05) is 11.8 Å². The second-order valence-corrected chi connectivity index (χ2v) is 4.51. The zero-order chi connectivity index (χ0) is 11.5. The largest absolute Gasteiger partial charge is 0.480 e. The van der Waals surface area contributed by atoms with Crippen LogP contribution in [0.25, 0.3) is 0 Å². The number of hydrogen-bond acceptors (Lipinski definition) is 6. The first-order chi connectivity index (χ1) is 7.65. The Labute approximate surface area is 97.7 Å². The third-order valence-corrected chi connectivity index (χ3v) is 3.39. The zero-order valence-electron chi connectivity index (χ0n) is 9.09. The van der Waals surface area contributed by atoms with Crippen LogP contribution in [0.1, 0.15) is 5.82 Å². The number of piperazine rings is 1. The fourth-order valence-electron chi connectivity index (χ4n) is 1.70. The maximum Gasteiger partial charge on any atom is 0.317 e. The van der Waals surface area contributed by atoms with Gasteiger partial charge in [-0.25, -0.2) is 4.98 Å². The number of rotatable bonds is 3. The third-order valence-electron chi connectivity index (χ3n) is 2.52. The van der Waals surface area contributed by atoms with Gasteiger partial charge < -0.3 is 10.0 Å². The number of aliphatic carboxylic acids is 1. The lowest BCUT2D eigenvalue weighted by Crippen LogP contribution is -2.47. The summed E-state index contributed by atoms with van der Waals surface area (Å²) >= 11 is 1.40. The maximum absolute atomic E-state index is 10.5. The monoisotopic (exact) mass is 242 g/mol. The molecule has 0 radical (unpaired) electrons. The fourth-order valence-corrected chi connectivity index (χ4v) is 2.43. The predicted octanol–water partition coefficient (Wildman–Crippen LogP) is 0.0531. The first kappa shape index (κ1) is 11.3. The zero-order valence-corrected chi connectivity index (χ0v) is 9.90. The van der Waals surface area contributed by atoms with Gasteiger partial charge in [0.05, 0.1) is 6.54 Å². The van der Waals surface area contributed by atoms with Crippen LogP contribution in [-0.2, 0) is 4.79 Å². The highest BCUT2D eigenvalue weighted by Gasteiger charge is 2.20. The van der Waals surface area contributed by atoms with Gasteiger partial charge in [0.15, 0.2) is 0 Å². The van der Waals surface area contributed by atoms with Crippen LogP contribution in [0.5, 0.6) is 0 Å². The molecule has 1 fully saturated rings. The van der Waals surface area contributed by atoms with E-state index in [-0.39, 0.29) is 6.54 Å². The van der Waals surface area contributed by atoms with Crippen molar-refractivity contribution in [2.75, 3.05) is 37.6 Å². The highest BCUT2D eigenvalue weighted by atomic mass is 32.1. The van der Waals surface area contributed by atoms with Gasteiger partial charge in [0.25, 0.3) is 0 Å². The van der Waals surface area contributed by atoms with Crippen LogP contribution in [0.4, 0.5) is 5.13 Å². The first-order valence-electron chi connectivity index (χ1n) is 5.14. The fraction of sp³-hybridized carbons (Fsp3) is 0.667. The quantitative estimate of drug-likeness (QED) is 0.808. The van der Waals surface area contributed by atoms with Gasteiger partial charge in [0, 0.05) is 37.7 Å². The summed E-state index contributed by atoms with van der Waals surface area (Å²) in [4.78, 5) is 19.0. The maximum atomic E-state index is 10.5. The van der Waals surface area contributed by atoms with Gasteiger partial charge in [-0.2, -0.15) is 4.37 Å². The van der Waals surface area contributed by atoms with E-state index in [1.165, 1.54) is 11.5 Å². The molecule has 16 heavy (non-hydrogen) atoms. The smallest absolute Gasteiger partial charge is 0.317 e. The van der Waals surface area contributed by atoms with Crippen LogP contribution in [0.2, 0.25) is 0 Å². The van der Waals surface area contributed by atoms with Crippen LogP contribution < -0.4 is 4.90 Å². The van der Waals surface area contributed by atoms with Crippen LogP contribution in [0.15, 0.2) is 0 Å². The average molecular weight is 242 g/mol. The number of carboxylic acid groups (broad SMARTS) is 1. The van der Waals surface area contributed by atoms with Crippen molar-refractivity contribution in [2.24, 2.45) is 0 Å². The molecular weight excluding hydrogens is 228 g/mol. The molecule has 1 aliphatic heterocycles. The van der Waals surface area contributed by atoms with E-state index in [9.17, 15) is 4.79 Å². The van der Waals surface area contributed by atoms with Crippen molar-refractivity contribution >= 4 is 22.6 Å². The van der Waals surface area contributed by atoms with Crippen molar-refractivity contribution in [1.29, 1.82) is 0 Å². The molecular formula is C9H14N4O2S. The Morgan fingerprint density at radius 3 is 2.62 bits per heavy atom. The molecule has 0 aliphatic carbocycles. The molecule has 0 unspecified atom stereocenters. The Morgan fingerprint density at radius 1 is 1.44 bits per heavy atom. The second-order valence-electron chi connectivity index (χ2n) is 3.78. The van der Waals surface area contributed by atoms with Crippen molar-refractivity contribution in [2.45, 2.75) is 6.92 Å². The SMILES string of the molecule is Cc1nsc(N2CCN(CC(=O)O)CC2)n1. The summed E-state index contributed by atoms with van der Waals surface area (Å²) in [6.07, 6.45) is 0. The number of aromatic nitrogens is 2. The third kappa shape index (κ3) is 2.67. The van der Waals surface area contributed by atoms with E-state index >= 15 is 0 Å². The van der Waals surface area contributed by atoms with E-state index in [2.05, 4.69) is 14.3 Å². The lowest BCUT2D eigenvalue weighted by atomic mass is 10.3. The molecule has 88 valence electrons. The molecule has 1 saturated heterocycles.